The summed E-state index contributed by atoms with van der Waals surface area (Å²) in [6, 6.07) is 9.63. The molecule has 112 valence electrons. The van der Waals surface area contributed by atoms with E-state index in [0.717, 1.165) is 10.9 Å². The van der Waals surface area contributed by atoms with Crippen LogP contribution >= 0.6 is 0 Å². The summed E-state index contributed by atoms with van der Waals surface area (Å²) in [5.41, 5.74) is 7.01. The zero-order chi connectivity index (χ0) is 15.5. The van der Waals surface area contributed by atoms with Gasteiger partial charge in [0.05, 0.1) is 5.39 Å². The second-order valence-corrected chi connectivity index (χ2v) is 4.73. The van der Waals surface area contributed by atoms with E-state index in [1.54, 1.807) is 24.3 Å². The third kappa shape index (κ3) is 2.93. The highest BCUT2D eigenvalue weighted by molar-refractivity contribution is 5.86. The van der Waals surface area contributed by atoms with Gasteiger partial charge in [-0.1, -0.05) is 24.3 Å². The summed E-state index contributed by atoms with van der Waals surface area (Å²) < 4.78 is 25.0. The number of fused-ring (bicyclic) bond motifs is 1. The number of halogens is 2. The third-order valence-corrected chi connectivity index (χ3v) is 3.21. The molecule has 2 aromatic heterocycles. The van der Waals surface area contributed by atoms with Gasteiger partial charge in [-0.2, -0.15) is 0 Å². The van der Waals surface area contributed by atoms with E-state index in [1.807, 2.05) is 0 Å². The van der Waals surface area contributed by atoms with Gasteiger partial charge in [-0.05, 0) is 17.7 Å². The van der Waals surface area contributed by atoms with Gasteiger partial charge in [0.25, 0.3) is 6.43 Å². The van der Waals surface area contributed by atoms with Crippen LogP contribution in [0.4, 0.5) is 20.4 Å². The average Bonchev–Trinajstić information content (AvgIpc) is 2.52. The van der Waals surface area contributed by atoms with Crippen LogP contribution in [0.15, 0.2) is 42.7 Å². The van der Waals surface area contributed by atoms with E-state index in [9.17, 15) is 8.78 Å². The molecule has 0 spiro atoms. The minimum absolute atomic E-state index is 0.0101. The molecule has 7 heteroatoms. The van der Waals surface area contributed by atoms with Crippen molar-refractivity contribution in [1.82, 2.24) is 15.0 Å². The number of alkyl halides is 2. The third-order valence-electron chi connectivity index (χ3n) is 3.21. The van der Waals surface area contributed by atoms with Gasteiger partial charge in [-0.15, -0.1) is 0 Å². The van der Waals surface area contributed by atoms with E-state index in [0.29, 0.717) is 23.8 Å². The zero-order valence-electron chi connectivity index (χ0n) is 11.5. The lowest BCUT2D eigenvalue weighted by molar-refractivity contribution is 0.151. The van der Waals surface area contributed by atoms with Gasteiger partial charge in [0, 0.05) is 12.1 Å². The second kappa shape index (κ2) is 5.88. The van der Waals surface area contributed by atoms with Crippen LogP contribution < -0.4 is 11.1 Å². The number of nitrogens with zero attached hydrogens (tertiary/aromatic N) is 3. The number of hydrogen-bond donors (Lipinski definition) is 2. The van der Waals surface area contributed by atoms with Crippen LogP contribution in [0.3, 0.4) is 0 Å². The van der Waals surface area contributed by atoms with Gasteiger partial charge >= 0.3 is 0 Å². The molecule has 0 bridgehead atoms. The quantitative estimate of drug-likeness (QED) is 0.774. The molecule has 0 radical (unpaired) electrons. The summed E-state index contributed by atoms with van der Waals surface area (Å²) >= 11 is 0. The molecule has 5 nitrogen and oxygen atoms in total. The van der Waals surface area contributed by atoms with Crippen molar-refractivity contribution in [2.24, 2.45) is 0 Å². The Bertz CT molecular complexity index is 790. The topological polar surface area (TPSA) is 76.7 Å². The Morgan fingerprint density at radius 2 is 1.82 bits per heavy atom. The van der Waals surface area contributed by atoms with Crippen molar-refractivity contribution >= 4 is 22.7 Å². The highest BCUT2D eigenvalue weighted by atomic mass is 19.3. The monoisotopic (exact) mass is 301 g/mol. The molecule has 0 unspecified atom stereocenters. The van der Waals surface area contributed by atoms with Crippen LogP contribution in [0.5, 0.6) is 0 Å². The molecule has 0 saturated heterocycles. The number of rotatable bonds is 4. The molecule has 1 aromatic carbocycles. The first-order valence-corrected chi connectivity index (χ1v) is 6.61. The molecule has 3 rings (SSSR count). The Morgan fingerprint density at radius 1 is 1.05 bits per heavy atom. The van der Waals surface area contributed by atoms with E-state index < -0.39 is 6.43 Å². The summed E-state index contributed by atoms with van der Waals surface area (Å²) in [6.45, 7) is 0.458. The van der Waals surface area contributed by atoms with Gasteiger partial charge in [-0.25, -0.2) is 23.7 Å². The van der Waals surface area contributed by atoms with Crippen LogP contribution in [0.1, 0.15) is 17.6 Å². The highest BCUT2D eigenvalue weighted by Gasteiger charge is 2.07. The van der Waals surface area contributed by atoms with Crippen molar-refractivity contribution in [2.45, 2.75) is 13.0 Å². The molecule has 0 aliphatic carbocycles. The predicted octanol–water partition coefficient (Wildman–Crippen LogP) is 3.16. The fraction of sp³-hybridized carbons (Fsp3) is 0.133. The fourth-order valence-electron chi connectivity index (χ4n) is 2.06. The normalized spacial score (nSPS) is 11.0. The largest absolute Gasteiger partial charge is 0.384 e. The van der Waals surface area contributed by atoms with Crippen molar-refractivity contribution in [2.75, 3.05) is 11.1 Å². The number of anilines is 2. The first-order valence-electron chi connectivity index (χ1n) is 6.61. The fourth-order valence-corrected chi connectivity index (χ4v) is 2.06. The maximum absolute atomic E-state index is 12.5. The van der Waals surface area contributed by atoms with Gasteiger partial charge in [0.15, 0.2) is 5.65 Å². The van der Waals surface area contributed by atoms with Crippen LogP contribution in [0, 0.1) is 0 Å². The van der Waals surface area contributed by atoms with Gasteiger partial charge in [-0.3, -0.25) is 0 Å². The Labute approximate surface area is 125 Å². The Balaban J connectivity index is 1.79. The number of benzene rings is 1. The van der Waals surface area contributed by atoms with E-state index in [1.165, 1.54) is 18.5 Å². The molecule has 2 heterocycles. The minimum atomic E-state index is -2.45. The van der Waals surface area contributed by atoms with Crippen LogP contribution in [-0.2, 0) is 6.54 Å². The molecule has 0 saturated carbocycles. The SMILES string of the molecule is Nc1ccc2c(NCc3ccc(C(F)F)cc3)ncnc2n1. The molecular weight excluding hydrogens is 288 g/mol. The van der Waals surface area contributed by atoms with E-state index >= 15 is 0 Å². The molecule has 22 heavy (non-hydrogen) atoms. The standard InChI is InChI=1S/C15H13F2N5/c16-13(17)10-3-1-9(2-4-10)7-19-14-11-5-6-12(18)22-15(11)21-8-20-14/h1-6,8,13H,7H2,(H3,18,19,20,21,22). The van der Waals surface area contributed by atoms with Gasteiger partial charge < -0.3 is 11.1 Å². The summed E-state index contributed by atoms with van der Waals surface area (Å²) in [5.74, 6) is 1.01. The first kappa shape index (κ1) is 14.1. The first-order chi connectivity index (χ1) is 10.6. The number of hydrogen-bond acceptors (Lipinski definition) is 5. The van der Waals surface area contributed by atoms with Crippen molar-refractivity contribution in [3.8, 4) is 0 Å². The maximum Gasteiger partial charge on any atom is 0.263 e. The van der Waals surface area contributed by atoms with Gasteiger partial charge in [0.1, 0.15) is 18.0 Å². The average molecular weight is 301 g/mol. The smallest absolute Gasteiger partial charge is 0.263 e. The number of aromatic nitrogens is 3. The molecule has 0 aliphatic heterocycles. The van der Waals surface area contributed by atoms with Crippen molar-refractivity contribution in [1.29, 1.82) is 0 Å². The van der Waals surface area contributed by atoms with Crippen molar-refractivity contribution in [3.63, 3.8) is 0 Å². The molecule has 3 N–H and O–H groups in total. The Hall–Kier alpha value is -2.83. The molecular formula is C15H13F2N5. The van der Waals surface area contributed by atoms with Crippen LogP contribution in [0.2, 0.25) is 0 Å². The second-order valence-electron chi connectivity index (χ2n) is 4.73. The minimum Gasteiger partial charge on any atom is -0.384 e. The molecule has 0 aliphatic rings. The van der Waals surface area contributed by atoms with Crippen molar-refractivity contribution < 1.29 is 8.78 Å². The van der Waals surface area contributed by atoms with Crippen molar-refractivity contribution in [3.05, 3.63) is 53.9 Å². The van der Waals surface area contributed by atoms with Crippen LogP contribution in [-0.4, -0.2) is 15.0 Å². The lowest BCUT2D eigenvalue weighted by Gasteiger charge is -2.09. The van der Waals surface area contributed by atoms with E-state index in [4.69, 9.17) is 5.73 Å². The zero-order valence-corrected chi connectivity index (χ0v) is 11.5. The summed E-state index contributed by atoms with van der Waals surface area (Å²) in [5, 5.41) is 3.90. The Morgan fingerprint density at radius 3 is 2.55 bits per heavy atom. The number of pyridine rings is 1. The highest BCUT2D eigenvalue weighted by Crippen LogP contribution is 2.21. The van der Waals surface area contributed by atoms with E-state index in [-0.39, 0.29) is 5.56 Å². The number of nitrogens with two attached hydrogens (primary N) is 1. The summed E-state index contributed by atoms with van der Waals surface area (Å²) in [6.07, 6.45) is -1.05. The molecule has 0 fully saturated rings. The molecule has 0 atom stereocenters. The molecule has 3 aromatic rings. The van der Waals surface area contributed by atoms with Crippen LogP contribution in [0.25, 0.3) is 11.0 Å². The maximum atomic E-state index is 12.5. The number of nitrogens with one attached hydrogen (secondary N) is 1. The Kier molecular flexibility index (Phi) is 3.78. The van der Waals surface area contributed by atoms with Gasteiger partial charge in [0.2, 0.25) is 0 Å². The summed E-state index contributed by atoms with van der Waals surface area (Å²) in [7, 11) is 0. The predicted molar refractivity (Wildman–Crippen MR) is 80.5 cm³/mol. The summed E-state index contributed by atoms with van der Waals surface area (Å²) in [4.78, 5) is 12.4. The lowest BCUT2D eigenvalue weighted by atomic mass is 10.1. The lowest BCUT2D eigenvalue weighted by Crippen LogP contribution is -2.03. The number of nitrogen functional groups attached to an aromatic ring is 1. The van der Waals surface area contributed by atoms with E-state index in [2.05, 4.69) is 20.3 Å². The molecule has 0 amide bonds.